The van der Waals surface area contributed by atoms with Crippen LogP contribution in [0.1, 0.15) is 40.2 Å². The van der Waals surface area contributed by atoms with Crippen molar-refractivity contribution in [3.63, 3.8) is 0 Å². The third kappa shape index (κ3) is 6.46. The van der Waals surface area contributed by atoms with E-state index in [1.54, 1.807) is 40.7 Å². The molecule has 1 amide bonds. The molecule has 2 unspecified atom stereocenters. The molecule has 10 heteroatoms. The minimum Gasteiger partial charge on any atom is -0.468 e. The molecule has 29 heavy (non-hydrogen) atoms. The number of halogens is 3. The van der Waals surface area contributed by atoms with Crippen molar-refractivity contribution in [2.45, 2.75) is 70.7 Å². The van der Waals surface area contributed by atoms with Crippen LogP contribution in [0.4, 0.5) is 18.0 Å². The van der Waals surface area contributed by atoms with Gasteiger partial charge in [0, 0.05) is 12.3 Å². The number of amides is 1. The zero-order valence-corrected chi connectivity index (χ0v) is 17.1. The predicted molar refractivity (Wildman–Crippen MR) is 97.4 cm³/mol. The maximum atomic E-state index is 12.8. The van der Waals surface area contributed by atoms with E-state index < -0.39 is 42.3 Å². The highest BCUT2D eigenvalue weighted by atomic mass is 19.4. The number of aliphatic hydroxyl groups is 1. The maximum absolute atomic E-state index is 12.8. The Bertz CT molecular complexity index is 719. The fraction of sp³-hybridized carbons (Fsp3) is 0.684. The average molecular weight is 420 g/mol. The van der Waals surface area contributed by atoms with Gasteiger partial charge in [0.25, 0.3) is 0 Å². The highest BCUT2D eigenvalue weighted by Gasteiger charge is 2.50. The van der Waals surface area contributed by atoms with Gasteiger partial charge in [0.05, 0.1) is 12.6 Å². The predicted octanol–water partition coefficient (Wildman–Crippen LogP) is 3.30. The molecule has 164 valence electrons. The maximum Gasteiger partial charge on any atom is 0.422 e. The Morgan fingerprint density at radius 1 is 1.34 bits per heavy atom. The zero-order chi connectivity index (χ0) is 22.0. The fourth-order valence-corrected chi connectivity index (χ4v) is 3.17. The summed E-state index contributed by atoms with van der Waals surface area (Å²) in [5, 5.41) is 9.74. The molecule has 0 aliphatic carbocycles. The van der Waals surface area contributed by atoms with E-state index in [-0.39, 0.29) is 18.9 Å². The second-order valence-electron chi connectivity index (χ2n) is 8.31. The van der Waals surface area contributed by atoms with Crippen LogP contribution in [0.3, 0.4) is 0 Å². The number of aliphatic hydroxyl groups excluding tert-OH is 1. The van der Waals surface area contributed by atoms with Crippen LogP contribution in [0, 0.1) is 0 Å². The molecule has 1 saturated heterocycles. The van der Waals surface area contributed by atoms with Crippen LogP contribution < -0.4 is 4.74 Å². The van der Waals surface area contributed by atoms with E-state index in [0.717, 1.165) is 0 Å². The molecule has 1 fully saturated rings. The minimum absolute atomic E-state index is 0.178. The minimum atomic E-state index is -4.48. The van der Waals surface area contributed by atoms with Gasteiger partial charge in [0.2, 0.25) is 5.88 Å². The first-order valence-corrected chi connectivity index (χ1v) is 9.17. The third-order valence-electron chi connectivity index (χ3n) is 4.18. The molecule has 2 rings (SSSR count). The number of pyridine rings is 1. The van der Waals surface area contributed by atoms with Crippen molar-refractivity contribution in [2.75, 3.05) is 13.2 Å². The Morgan fingerprint density at radius 3 is 2.55 bits per heavy atom. The van der Waals surface area contributed by atoms with Gasteiger partial charge in [-0.05, 0) is 52.7 Å². The zero-order valence-electron chi connectivity index (χ0n) is 17.1. The molecule has 1 aliphatic rings. The van der Waals surface area contributed by atoms with Crippen LogP contribution in [-0.2, 0) is 15.9 Å². The van der Waals surface area contributed by atoms with Crippen molar-refractivity contribution in [1.82, 2.24) is 9.88 Å². The number of aromatic nitrogens is 1. The van der Waals surface area contributed by atoms with Crippen LogP contribution in [0.25, 0.3) is 0 Å². The van der Waals surface area contributed by atoms with Crippen LogP contribution in [0.2, 0.25) is 0 Å². The van der Waals surface area contributed by atoms with E-state index in [2.05, 4.69) is 9.72 Å². The number of ether oxygens (including phenoxy) is 3. The lowest BCUT2D eigenvalue weighted by Gasteiger charge is -2.35. The van der Waals surface area contributed by atoms with Gasteiger partial charge >= 0.3 is 12.3 Å². The van der Waals surface area contributed by atoms with Gasteiger partial charge in [-0.1, -0.05) is 0 Å². The summed E-state index contributed by atoms with van der Waals surface area (Å²) < 4.78 is 53.1. The first-order chi connectivity index (χ1) is 13.2. The Labute approximate surface area is 167 Å². The number of carbonyl (C=O) groups excluding carboxylic acids is 1. The standard InChI is InChI=1S/C19H27F3N2O5/c1-17(2,3)29-16(26)24-13(14(10-25)28-18(24,4)5)8-12-6-7-23-15(9-12)27-11-19(20,21)22/h6-7,9,13-14,25H,8,10-11H2,1-5H3. The molecule has 0 spiro atoms. The summed E-state index contributed by atoms with van der Waals surface area (Å²) in [7, 11) is 0. The topological polar surface area (TPSA) is 81.1 Å². The lowest BCUT2D eigenvalue weighted by Crippen LogP contribution is -2.51. The molecule has 7 nitrogen and oxygen atoms in total. The molecule has 0 radical (unpaired) electrons. The van der Waals surface area contributed by atoms with E-state index in [0.29, 0.717) is 5.56 Å². The fourth-order valence-electron chi connectivity index (χ4n) is 3.17. The lowest BCUT2D eigenvalue weighted by molar-refractivity contribution is -0.154. The number of rotatable bonds is 5. The van der Waals surface area contributed by atoms with Crippen molar-refractivity contribution in [1.29, 1.82) is 0 Å². The Hall–Kier alpha value is -2.07. The van der Waals surface area contributed by atoms with E-state index in [1.165, 1.54) is 17.2 Å². The van der Waals surface area contributed by atoms with Gasteiger partial charge in [-0.25, -0.2) is 9.78 Å². The van der Waals surface area contributed by atoms with Gasteiger partial charge in [-0.15, -0.1) is 0 Å². The first-order valence-electron chi connectivity index (χ1n) is 9.17. The number of hydrogen-bond donors (Lipinski definition) is 1. The molecule has 2 atom stereocenters. The van der Waals surface area contributed by atoms with Gasteiger partial charge in [0.15, 0.2) is 6.61 Å². The van der Waals surface area contributed by atoms with Crippen molar-refractivity contribution >= 4 is 6.09 Å². The molecule has 1 N–H and O–H groups in total. The molecular formula is C19H27F3N2O5. The van der Waals surface area contributed by atoms with E-state index in [1.807, 2.05) is 0 Å². The van der Waals surface area contributed by atoms with E-state index >= 15 is 0 Å². The number of hydrogen-bond acceptors (Lipinski definition) is 6. The average Bonchev–Trinajstić information content (AvgIpc) is 2.81. The number of nitrogens with zero attached hydrogens (tertiary/aromatic N) is 2. The smallest absolute Gasteiger partial charge is 0.422 e. The number of carbonyl (C=O) groups is 1. The Balaban J connectivity index is 2.24. The van der Waals surface area contributed by atoms with Crippen molar-refractivity contribution in [2.24, 2.45) is 0 Å². The summed E-state index contributed by atoms with van der Waals surface area (Å²) in [5.41, 5.74) is -1.19. The molecule has 1 aromatic heterocycles. The van der Waals surface area contributed by atoms with Gasteiger partial charge in [-0.3, -0.25) is 4.90 Å². The molecule has 0 aromatic carbocycles. The summed E-state index contributed by atoms with van der Waals surface area (Å²) in [4.78, 5) is 18.0. The van der Waals surface area contributed by atoms with Crippen LogP contribution in [0.5, 0.6) is 5.88 Å². The quantitative estimate of drug-likeness (QED) is 0.787. The van der Waals surface area contributed by atoms with Gasteiger partial charge < -0.3 is 19.3 Å². The van der Waals surface area contributed by atoms with Crippen LogP contribution in [0.15, 0.2) is 18.3 Å². The molecular weight excluding hydrogens is 393 g/mol. The Kier molecular flexibility index (Phi) is 6.68. The van der Waals surface area contributed by atoms with Crippen LogP contribution in [-0.4, -0.2) is 63.9 Å². The van der Waals surface area contributed by atoms with Gasteiger partial charge in [0.1, 0.15) is 17.4 Å². The largest absolute Gasteiger partial charge is 0.468 e. The van der Waals surface area contributed by atoms with Crippen molar-refractivity contribution in [3.05, 3.63) is 23.9 Å². The van der Waals surface area contributed by atoms with E-state index in [4.69, 9.17) is 9.47 Å². The lowest BCUT2D eigenvalue weighted by atomic mass is 10.0. The molecule has 0 bridgehead atoms. The van der Waals surface area contributed by atoms with Crippen LogP contribution >= 0.6 is 0 Å². The summed E-state index contributed by atoms with van der Waals surface area (Å²) in [5.74, 6) is -0.178. The van der Waals surface area contributed by atoms with Gasteiger partial charge in [-0.2, -0.15) is 13.2 Å². The second-order valence-corrected chi connectivity index (χ2v) is 8.31. The SMILES string of the molecule is CC(C)(C)OC(=O)N1C(Cc2ccnc(OCC(F)(F)F)c2)C(CO)OC1(C)C. The normalized spacial score (nSPS) is 21.9. The summed E-state index contributed by atoms with van der Waals surface area (Å²) in [6.07, 6.45) is -4.24. The molecule has 1 aliphatic heterocycles. The van der Waals surface area contributed by atoms with E-state index in [9.17, 15) is 23.1 Å². The molecule has 2 heterocycles. The summed E-state index contributed by atoms with van der Waals surface area (Å²) in [6, 6.07) is 2.38. The Morgan fingerprint density at radius 2 is 2.00 bits per heavy atom. The summed E-state index contributed by atoms with van der Waals surface area (Å²) in [6.45, 7) is 6.79. The van der Waals surface area contributed by atoms with Crippen molar-refractivity contribution in [3.8, 4) is 5.88 Å². The third-order valence-corrected chi connectivity index (χ3v) is 4.18. The second kappa shape index (κ2) is 8.35. The highest BCUT2D eigenvalue weighted by molar-refractivity contribution is 5.70. The molecule has 0 saturated carbocycles. The first kappa shape index (κ1) is 23.2. The number of alkyl halides is 3. The highest BCUT2D eigenvalue weighted by Crippen LogP contribution is 2.35. The van der Waals surface area contributed by atoms with Crippen molar-refractivity contribution < 1.29 is 37.3 Å². The molecule has 1 aromatic rings. The monoisotopic (exact) mass is 420 g/mol. The summed E-state index contributed by atoms with van der Waals surface area (Å²) >= 11 is 0.